The minimum Gasteiger partial charge on any atom is -0.233 e. The van der Waals surface area contributed by atoms with Crippen LogP contribution in [-0.4, -0.2) is 29.9 Å². The van der Waals surface area contributed by atoms with Crippen LogP contribution in [0.15, 0.2) is 406 Å². The molecule has 0 aliphatic rings. The highest BCUT2D eigenvalue weighted by Crippen LogP contribution is 2.39. The lowest BCUT2D eigenvalue weighted by Gasteiger charge is -2.12. The van der Waals surface area contributed by atoms with Crippen molar-refractivity contribution in [1.82, 2.24) is 29.9 Å². The van der Waals surface area contributed by atoms with E-state index >= 15 is 0 Å². The molecule has 0 amide bonds. The molecule has 3 heterocycles. The number of benzene rings is 16. The van der Waals surface area contributed by atoms with Gasteiger partial charge in [-0.3, -0.25) is 0 Å². The van der Waals surface area contributed by atoms with Crippen LogP contribution in [0.1, 0.15) is 17.5 Å². The number of aromatic nitrogens is 6. The van der Waals surface area contributed by atoms with Crippen LogP contribution in [-0.2, 0) is 0 Å². The predicted molar refractivity (Wildman–Crippen MR) is 463 cm³/mol. The van der Waals surface area contributed by atoms with E-state index in [0.29, 0.717) is 0 Å². The molecule has 6 heteroatoms. The summed E-state index contributed by atoms with van der Waals surface area (Å²) in [5.74, 6) is 2.28. The molecule has 16 aromatic carbocycles. The summed E-state index contributed by atoms with van der Waals surface area (Å²) in [6, 6.07) is 143. The van der Waals surface area contributed by atoms with Crippen molar-refractivity contribution in [3.63, 3.8) is 0 Å². The Labute approximate surface area is 648 Å². The highest BCUT2D eigenvalue weighted by atomic mass is 14.9. The van der Waals surface area contributed by atoms with Crippen molar-refractivity contribution in [3.8, 4) is 145 Å². The van der Waals surface area contributed by atoms with E-state index in [1.807, 2.05) is 32.9 Å². The number of hydrogen-bond acceptors (Lipinski definition) is 6. The number of aryl methyl sites for hydroxylation is 3. The number of hydrogen-bond donors (Lipinski definition) is 0. The van der Waals surface area contributed by atoms with Gasteiger partial charge in [-0.2, -0.15) is 0 Å². The quantitative estimate of drug-likeness (QED) is 0.114. The van der Waals surface area contributed by atoms with Gasteiger partial charge in [0.1, 0.15) is 17.5 Å². The van der Waals surface area contributed by atoms with Gasteiger partial charge in [-0.1, -0.05) is 364 Å². The average molecular weight is 1420 g/mol. The van der Waals surface area contributed by atoms with E-state index < -0.39 is 0 Å². The fourth-order valence-electron chi connectivity index (χ4n) is 14.8. The maximum atomic E-state index is 4.89. The fraction of sp³-hybridized carbons (Fsp3) is 0.0286. The third-order valence-corrected chi connectivity index (χ3v) is 20.4. The molecule has 0 aliphatic heterocycles. The van der Waals surface area contributed by atoms with E-state index in [9.17, 15) is 0 Å². The Kier molecular flexibility index (Phi) is 20.0. The van der Waals surface area contributed by atoms with Gasteiger partial charge >= 0.3 is 0 Å². The van der Waals surface area contributed by atoms with Gasteiger partial charge in [0.25, 0.3) is 0 Å². The van der Waals surface area contributed by atoms with Crippen LogP contribution < -0.4 is 0 Å². The maximum Gasteiger partial charge on any atom is 0.126 e. The Morgan fingerprint density at radius 1 is 0.135 bits per heavy atom. The van der Waals surface area contributed by atoms with Crippen LogP contribution in [0.3, 0.4) is 0 Å². The van der Waals surface area contributed by atoms with Gasteiger partial charge in [0.05, 0.1) is 34.2 Å². The Bertz CT molecular complexity index is 6410. The molecule has 526 valence electrons. The molecular weight excluding hydrogens is 1350 g/mol. The summed E-state index contributed by atoms with van der Waals surface area (Å²) in [6.07, 6.45) is 0. The van der Waals surface area contributed by atoms with Crippen molar-refractivity contribution in [3.05, 3.63) is 424 Å². The van der Waals surface area contributed by atoms with E-state index in [2.05, 4.69) is 394 Å². The first-order valence-corrected chi connectivity index (χ1v) is 37.6. The minimum atomic E-state index is 0.752. The largest absolute Gasteiger partial charge is 0.233 e. The van der Waals surface area contributed by atoms with Crippen molar-refractivity contribution in [2.75, 3.05) is 0 Å². The summed E-state index contributed by atoms with van der Waals surface area (Å²) in [7, 11) is 0. The molecule has 111 heavy (non-hydrogen) atoms. The first-order chi connectivity index (χ1) is 54.7. The molecular formula is C105H76N6. The second-order valence-corrected chi connectivity index (χ2v) is 27.8. The van der Waals surface area contributed by atoms with E-state index in [4.69, 9.17) is 29.9 Å². The SMILES string of the molecule is Cc1nc(-c2ccc(-c3cccc4ccccc34)cc2)cc(-c2cc(-c3ccccc3)cc(-c3ccccc3)c2)n1.Cc1nc(-c2ccc(-c3cccc4ccccc34)cc2)cc(-c2cccc(-c3ccccc3)c2)n1.Cc1nc(-c2ccc(-c3ccccc3)cc2)cc(-c2ccc(-c3cccc4ccccc34)cc2)n1. The molecule has 19 rings (SSSR count). The lowest BCUT2D eigenvalue weighted by molar-refractivity contribution is 1.06. The Morgan fingerprint density at radius 2 is 0.342 bits per heavy atom. The molecule has 0 saturated heterocycles. The fourth-order valence-corrected chi connectivity index (χ4v) is 14.8. The molecule has 0 saturated carbocycles. The highest BCUT2D eigenvalue weighted by molar-refractivity contribution is 5.99. The van der Waals surface area contributed by atoms with Gasteiger partial charge in [0, 0.05) is 33.4 Å². The number of rotatable bonds is 13. The summed E-state index contributed by atoms with van der Waals surface area (Å²) in [4.78, 5) is 28.7. The molecule has 0 aliphatic carbocycles. The zero-order valence-corrected chi connectivity index (χ0v) is 61.9. The molecule has 0 bridgehead atoms. The standard InChI is InChI=1S/C39H28N2.2C33H24N2/c1-27-40-38(32-21-19-31(20-22-32)37-18-10-16-30-15-8-9-17-36(30)37)26-39(41-27)35-24-33(28-11-4-2-5-12-28)23-34(25-35)29-13-6-3-7-14-29;1-23-34-32(22-33(35-23)29-14-7-13-28(21-29)24-9-3-2-4-10-24)27-19-17-26(18-20-27)31-16-8-12-25-11-5-6-15-30(25)31;1-23-34-32(28-18-14-25(15-19-28)24-8-3-2-4-9-24)22-33(35-23)29-20-16-27(17-21-29)31-13-7-11-26-10-5-6-12-30(26)31/h2-26H,1H3;2*2-22H,1H3. The molecule has 0 radical (unpaired) electrons. The predicted octanol–water partition coefficient (Wildman–Crippen LogP) is 27.5. The van der Waals surface area contributed by atoms with E-state index in [0.717, 1.165) is 85.0 Å². The van der Waals surface area contributed by atoms with Gasteiger partial charge in [-0.15, -0.1) is 0 Å². The van der Waals surface area contributed by atoms with Gasteiger partial charge in [0.15, 0.2) is 0 Å². The lowest BCUT2D eigenvalue weighted by Crippen LogP contribution is -1.95. The lowest BCUT2D eigenvalue weighted by atomic mass is 9.94. The van der Waals surface area contributed by atoms with Gasteiger partial charge < -0.3 is 0 Å². The Morgan fingerprint density at radius 3 is 0.685 bits per heavy atom. The van der Waals surface area contributed by atoms with Crippen LogP contribution in [0.4, 0.5) is 0 Å². The smallest absolute Gasteiger partial charge is 0.126 e. The third-order valence-electron chi connectivity index (χ3n) is 20.4. The van der Waals surface area contributed by atoms with Gasteiger partial charge in [-0.25, -0.2) is 29.9 Å². The summed E-state index contributed by atoms with van der Waals surface area (Å²) in [5, 5.41) is 7.54. The first kappa shape index (κ1) is 69.6. The van der Waals surface area contributed by atoms with Crippen molar-refractivity contribution < 1.29 is 0 Å². The van der Waals surface area contributed by atoms with Crippen molar-refractivity contribution in [2.24, 2.45) is 0 Å². The number of nitrogens with zero attached hydrogens (tertiary/aromatic N) is 6. The summed E-state index contributed by atoms with van der Waals surface area (Å²) < 4.78 is 0. The third kappa shape index (κ3) is 15.7. The molecule has 0 spiro atoms. The van der Waals surface area contributed by atoms with Crippen LogP contribution >= 0.6 is 0 Å². The van der Waals surface area contributed by atoms with Crippen LogP contribution in [0.5, 0.6) is 0 Å². The summed E-state index contributed by atoms with van der Waals surface area (Å²) in [6.45, 7) is 5.88. The average Bonchev–Trinajstić information content (AvgIpc) is 0.806. The number of fused-ring (bicyclic) bond motifs is 3. The second kappa shape index (κ2) is 31.9. The van der Waals surface area contributed by atoms with Crippen LogP contribution in [0.2, 0.25) is 0 Å². The second-order valence-electron chi connectivity index (χ2n) is 27.8. The van der Waals surface area contributed by atoms with Crippen LogP contribution in [0.25, 0.3) is 178 Å². The van der Waals surface area contributed by atoms with Gasteiger partial charge in [0.2, 0.25) is 0 Å². The normalized spacial score (nSPS) is 11.0. The zero-order valence-electron chi connectivity index (χ0n) is 61.9. The highest BCUT2D eigenvalue weighted by Gasteiger charge is 2.16. The maximum absolute atomic E-state index is 4.89. The Balaban J connectivity index is 0.000000122. The monoisotopic (exact) mass is 1420 g/mol. The van der Waals surface area contributed by atoms with E-state index in [-0.39, 0.29) is 0 Å². The van der Waals surface area contributed by atoms with Crippen LogP contribution in [0, 0.1) is 20.8 Å². The molecule has 3 aromatic heterocycles. The minimum absolute atomic E-state index is 0.752. The first-order valence-electron chi connectivity index (χ1n) is 37.6. The molecule has 0 fully saturated rings. The molecule has 0 atom stereocenters. The van der Waals surface area contributed by atoms with E-state index in [1.54, 1.807) is 0 Å². The molecule has 19 aromatic rings. The van der Waals surface area contributed by atoms with Crippen molar-refractivity contribution in [1.29, 1.82) is 0 Å². The summed E-state index contributed by atoms with van der Waals surface area (Å²) >= 11 is 0. The van der Waals surface area contributed by atoms with Crippen molar-refractivity contribution in [2.45, 2.75) is 20.8 Å². The molecule has 0 unspecified atom stereocenters. The van der Waals surface area contributed by atoms with E-state index in [1.165, 1.54) is 110 Å². The molecule has 6 nitrogen and oxygen atoms in total. The Hall–Kier alpha value is -14.5. The summed E-state index contributed by atoms with van der Waals surface area (Å²) in [5.41, 5.74) is 28.9. The zero-order chi connectivity index (χ0) is 74.8. The van der Waals surface area contributed by atoms with Crippen molar-refractivity contribution >= 4 is 32.3 Å². The topological polar surface area (TPSA) is 77.3 Å². The van der Waals surface area contributed by atoms with Gasteiger partial charge in [-0.05, 0) is 173 Å². The molecule has 0 N–H and O–H groups in total.